The number of nitrogens with one attached hydrogen (secondary N) is 3. The van der Waals surface area contributed by atoms with Crippen molar-refractivity contribution in [2.75, 3.05) is 6.54 Å². The number of hydrazone groups is 1. The molecule has 0 fully saturated rings. The van der Waals surface area contributed by atoms with Crippen molar-refractivity contribution < 1.29 is 14.7 Å². The van der Waals surface area contributed by atoms with Crippen molar-refractivity contribution in [3.8, 4) is 0 Å². The van der Waals surface area contributed by atoms with Crippen molar-refractivity contribution in [2.24, 2.45) is 5.10 Å². The molecule has 9 nitrogen and oxygen atoms in total. The third-order valence-corrected chi connectivity index (χ3v) is 4.42. The standard InChI is InChI=1S/C23H24N6O3.C2H6/c1-2-6-18(23(31)32)7-3-4-14-29-27-21(26-28-29)19-8-5-9-20(15-19)22(30)25-16-17-10-12-24-13-11-17;1-2/h2-13,15,28H,14,16H2,1H3,(H,25,30)(H,26,27)(H,31,32);1-2H3/b4-3+,6-2-,18-7+;. The first-order valence-corrected chi connectivity index (χ1v) is 10.9. The smallest absolute Gasteiger partial charge is 0.335 e. The first-order valence-electron chi connectivity index (χ1n) is 10.9. The lowest BCUT2D eigenvalue weighted by molar-refractivity contribution is -0.132. The molecular formula is C25H30N6O3. The minimum atomic E-state index is -0.986. The van der Waals surface area contributed by atoms with Crippen LogP contribution in [-0.2, 0) is 11.3 Å². The third kappa shape index (κ3) is 8.03. The number of carboxylic acids is 1. The van der Waals surface area contributed by atoms with Gasteiger partial charge in [0, 0.05) is 30.1 Å². The van der Waals surface area contributed by atoms with Crippen LogP contribution in [0, 0.1) is 0 Å². The summed E-state index contributed by atoms with van der Waals surface area (Å²) in [5.74, 6) is -0.601. The maximum atomic E-state index is 12.5. The number of carboxylic acid groups (broad SMARTS) is 1. The fourth-order valence-electron chi connectivity index (χ4n) is 2.81. The molecule has 0 saturated heterocycles. The normalized spacial score (nSPS) is 13.6. The van der Waals surface area contributed by atoms with E-state index in [1.54, 1.807) is 60.9 Å². The van der Waals surface area contributed by atoms with E-state index in [2.05, 4.69) is 26.4 Å². The van der Waals surface area contributed by atoms with Crippen LogP contribution in [0.25, 0.3) is 0 Å². The number of nitrogens with zero attached hydrogens (tertiary/aromatic N) is 3. The Morgan fingerprint density at radius 3 is 2.65 bits per heavy atom. The van der Waals surface area contributed by atoms with Crippen LogP contribution < -0.4 is 16.3 Å². The highest BCUT2D eigenvalue weighted by molar-refractivity contribution is 6.02. The molecule has 34 heavy (non-hydrogen) atoms. The maximum Gasteiger partial charge on any atom is 0.335 e. The number of benzene rings is 1. The molecule has 0 saturated carbocycles. The molecule has 1 aromatic heterocycles. The molecule has 178 valence electrons. The van der Waals surface area contributed by atoms with Crippen molar-refractivity contribution in [2.45, 2.75) is 27.3 Å². The Labute approximate surface area is 199 Å². The van der Waals surface area contributed by atoms with Gasteiger partial charge in [-0.05, 0) is 42.8 Å². The zero-order valence-electron chi connectivity index (χ0n) is 19.5. The summed E-state index contributed by atoms with van der Waals surface area (Å²) in [6.45, 7) is 6.61. The summed E-state index contributed by atoms with van der Waals surface area (Å²) in [6, 6.07) is 10.8. The highest BCUT2D eigenvalue weighted by Crippen LogP contribution is 2.09. The van der Waals surface area contributed by atoms with Gasteiger partial charge in [0.25, 0.3) is 5.91 Å². The number of amidine groups is 1. The fourth-order valence-corrected chi connectivity index (χ4v) is 2.81. The average Bonchev–Trinajstić information content (AvgIpc) is 3.35. The van der Waals surface area contributed by atoms with Gasteiger partial charge < -0.3 is 10.4 Å². The Balaban J connectivity index is 0.00000199. The number of amides is 1. The number of rotatable bonds is 9. The van der Waals surface area contributed by atoms with Gasteiger partial charge in [-0.3, -0.25) is 15.2 Å². The molecule has 1 amide bonds. The molecule has 3 rings (SSSR count). The number of aliphatic carboxylic acids is 1. The molecule has 0 spiro atoms. The van der Waals surface area contributed by atoms with E-state index in [1.165, 1.54) is 12.2 Å². The summed E-state index contributed by atoms with van der Waals surface area (Å²) in [7, 11) is 0. The van der Waals surface area contributed by atoms with E-state index < -0.39 is 5.97 Å². The lowest BCUT2D eigenvalue weighted by Gasteiger charge is -2.13. The molecular weight excluding hydrogens is 432 g/mol. The molecule has 4 N–H and O–H groups in total. The van der Waals surface area contributed by atoms with E-state index in [0.29, 0.717) is 24.5 Å². The van der Waals surface area contributed by atoms with Crippen LogP contribution >= 0.6 is 0 Å². The Kier molecular flexibility index (Phi) is 10.7. The number of allylic oxidation sites excluding steroid dienone is 3. The number of carbonyl (C=O) groups is 2. The highest BCUT2D eigenvalue weighted by Gasteiger charge is 2.16. The average molecular weight is 463 g/mol. The molecule has 1 aromatic carbocycles. The van der Waals surface area contributed by atoms with Gasteiger partial charge in [-0.2, -0.15) is 0 Å². The molecule has 0 radical (unpaired) electrons. The van der Waals surface area contributed by atoms with E-state index in [0.717, 1.165) is 11.1 Å². The highest BCUT2D eigenvalue weighted by atomic mass is 16.4. The monoisotopic (exact) mass is 462 g/mol. The zero-order chi connectivity index (χ0) is 24.8. The number of carbonyl (C=O) groups excluding carboxylic acids is 1. The molecule has 0 unspecified atom stereocenters. The Morgan fingerprint density at radius 2 is 1.94 bits per heavy atom. The molecule has 2 heterocycles. The first-order chi connectivity index (χ1) is 16.6. The van der Waals surface area contributed by atoms with Gasteiger partial charge in [-0.15, -0.1) is 10.2 Å². The first kappa shape index (κ1) is 26.0. The fraction of sp³-hybridized carbons (Fsp3) is 0.200. The van der Waals surface area contributed by atoms with Crippen molar-refractivity contribution in [1.82, 2.24) is 26.4 Å². The molecule has 9 heteroatoms. The summed E-state index contributed by atoms with van der Waals surface area (Å²) in [4.78, 5) is 27.6. The minimum absolute atomic E-state index is 0.183. The predicted octanol–water partition coefficient (Wildman–Crippen LogP) is 3.17. The van der Waals surface area contributed by atoms with Crippen LogP contribution in [0.5, 0.6) is 0 Å². The van der Waals surface area contributed by atoms with Crippen molar-refractivity contribution in [3.63, 3.8) is 0 Å². The summed E-state index contributed by atoms with van der Waals surface area (Å²) in [5, 5.41) is 17.9. The minimum Gasteiger partial charge on any atom is -0.478 e. The molecule has 0 bridgehead atoms. The van der Waals surface area contributed by atoms with E-state index >= 15 is 0 Å². The van der Waals surface area contributed by atoms with Gasteiger partial charge in [0.05, 0.1) is 12.1 Å². The van der Waals surface area contributed by atoms with Gasteiger partial charge in [-0.1, -0.05) is 50.3 Å². The Morgan fingerprint density at radius 1 is 1.18 bits per heavy atom. The quantitative estimate of drug-likeness (QED) is 0.334. The number of hydrazine groups is 2. The topological polar surface area (TPSA) is 119 Å². The van der Waals surface area contributed by atoms with E-state index in [-0.39, 0.29) is 11.5 Å². The van der Waals surface area contributed by atoms with Crippen molar-refractivity contribution >= 4 is 17.7 Å². The SMILES string of the molecule is CC.C\C=C/C(=C\C=C\CN1NN=C(c2cccc(C(=O)NCc3ccncc3)c2)N1)C(=O)O. The lowest BCUT2D eigenvalue weighted by Crippen LogP contribution is -2.41. The second kappa shape index (κ2) is 14.0. The summed E-state index contributed by atoms with van der Waals surface area (Å²) >= 11 is 0. The van der Waals surface area contributed by atoms with Crippen molar-refractivity contribution in [3.05, 3.63) is 101 Å². The van der Waals surface area contributed by atoms with Crippen LogP contribution in [0.1, 0.15) is 42.3 Å². The van der Waals surface area contributed by atoms with Gasteiger partial charge >= 0.3 is 5.97 Å². The second-order valence-corrected chi connectivity index (χ2v) is 6.76. The molecule has 1 aliphatic rings. The number of hydrogen-bond donors (Lipinski definition) is 4. The summed E-state index contributed by atoms with van der Waals surface area (Å²) in [6.07, 6.45) is 11.5. The summed E-state index contributed by atoms with van der Waals surface area (Å²) < 4.78 is 0. The maximum absolute atomic E-state index is 12.5. The van der Waals surface area contributed by atoms with Crippen LogP contribution in [0.3, 0.4) is 0 Å². The Bertz CT molecular complexity index is 1080. The van der Waals surface area contributed by atoms with Gasteiger partial charge in [0.2, 0.25) is 0 Å². The lowest BCUT2D eigenvalue weighted by atomic mass is 10.1. The largest absolute Gasteiger partial charge is 0.478 e. The van der Waals surface area contributed by atoms with E-state index in [1.807, 2.05) is 32.0 Å². The van der Waals surface area contributed by atoms with Crippen LogP contribution in [-0.4, -0.2) is 39.5 Å². The van der Waals surface area contributed by atoms with E-state index in [9.17, 15) is 9.59 Å². The summed E-state index contributed by atoms with van der Waals surface area (Å²) in [5.41, 5.74) is 8.38. The molecule has 2 aromatic rings. The van der Waals surface area contributed by atoms with Crippen LogP contribution in [0.15, 0.2) is 89.8 Å². The van der Waals surface area contributed by atoms with E-state index in [4.69, 9.17) is 5.11 Å². The van der Waals surface area contributed by atoms with Crippen LogP contribution in [0.2, 0.25) is 0 Å². The molecule has 0 aliphatic carbocycles. The van der Waals surface area contributed by atoms with Gasteiger partial charge in [0.1, 0.15) is 0 Å². The number of hydrogen-bond acceptors (Lipinski definition) is 7. The number of pyridine rings is 1. The zero-order valence-corrected chi connectivity index (χ0v) is 19.5. The molecule has 1 aliphatic heterocycles. The predicted molar refractivity (Wildman–Crippen MR) is 132 cm³/mol. The van der Waals surface area contributed by atoms with Crippen LogP contribution in [0.4, 0.5) is 0 Å². The third-order valence-electron chi connectivity index (χ3n) is 4.42. The Hall–Kier alpha value is -4.24. The molecule has 0 atom stereocenters. The van der Waals surface area contributed by atoms with Gasteiger partial charge in [0.15, 0.2) is 5.84 Å². The van der Waals surface area contributed by atoms with Crippen molar-refractivity contribution in [1.29, 1.82) is 0 Å². The second-order valence-electron chi connectivity index (χ2n) is 6.76. The van der Waals surface area contributed by atoms with Gasteiger partial charge in [-0.25, -0.2) is 10.3 Å². The number of aromatic nitrogens is 1.